The Kier molecular flexibility index (Phi) is 8.11. The Hall–Kier alpha value is -3.21. The molecule has 9 nitrogen and oxygen atoms in total. The molecule has 0 bridgehead atoms. The second-order valence-corrected chi connectivity index (χ2v) is 9.87. The second kappa shape index (κ2) is 11.7. The fourth-order valence-corrected chi connectivity index (χ4v) is 5.10. The number of halogens is 2. The SMILES string of the molecule is CCC(Oc1cc2c(Nc3ccc(F)c(Cl)c3)ncnc2cc1OC)N1CCN(CC2CCC(=O)O2)CC1. The summed E-state index contributed by atoms with van der Waals surface area (Å²) >= 11 is 5.96. The van der Waals surface area contributed by atoms with Crippen LogP contribution in [0.15, 0.2) is 36.7 Å². The number of anilines is 2. The van der Waals surface area contributed by atoms with Crippen LogP contribution in [0.1, 0.15) is 26.2 Å². The van der Waals surface area contributed by atoms with Gasteiger partial charge in [-0.2, -0.15) is 0 Å². The molecule has 0 spiro atoms. The molecule has 2 atom stereocenters. The molecule has 0 radical (unpaired) electrons. The summed E-state index contributed by atoms with van der Waals surface area (Å²) in [6.45, 7) is 6.32. The lowest BCUT2D eigenvalue weighted by atomic mass is 10.2. The second-order valence-electron chi connectivity index (χ2n) is 9.46. The van der Waals surface area contributed by atoms with Gasteiger partial charge in [0.05, 0.1) is 17.6 Å². The van der Waals surface area contributed by atoms with Gasteiger partial charge in [0, 0.05) is 56.3 Å². The van der Waals surface area contributed by atoms with Gasteiger partial charge in [0.25, 0.3) is 0 Å². The van der Waals surface area contributed by atoms with Crippen LogP contribution in [-0.4, -0.2) is 77.9 Å². The van der Waals surface area contributed by atoms with Crippen molar-refractivity contribution in [1.29, 1.82) is 0 Å². The number of carbonyl (C=O) groups excluding carboxylic acids is 1. The third kappa shape index (κ3) is 5.92. The van der Waals surface area contributed by atoms with Crippen LogP contribution in [0.25, 0.3) is 10.9 Å². The fourth-order valence-electron chi connectivity index (χ4n) is 4.92. The molecule has 2 fully saturated rings. The van der Waals surface area contributed by atoms with E-state index in [0.29, 0.717) is 34.9 Å². The molecule has 2 aliphatic rings. The van der Waals surface area contributed by atoms with Crippen molar-refractivity contribution in [2.24, 2.45) is 0 Å². The summed E-state index contributed by atoms with van der Waals surface area (Å²) in [7, 11) is 1.60. The van der Waals surface area contributed by atoms with E-state index in [4.69, 9.17) is 25.8 Å². The number of methoxy groups -OCH3 is 1. The predicted molar refractivity (Wildman–Crippen MR) is 143 cm³/mol. The van der Waals surface area contributed by atoms with Gasteiger partial charge in [-0.25, -0.2) is 14.4 Å². The summed E-state index contributed by atoms with van der Waals surface area (Å²) in [6, 6.07) is 8.10. The topological polar surface area (TPSA) is 89.0 Å². The maximum atomic E-state index is 13.6. The quantitative estimate of drug-likeness (QED) is 0.388. The molecule has 2 unspecified atom stereocenters. The number of nitrogens with zero attached hydrogens (tertiary/aromatic N) is 4. The van der Waals surface area contributed by atoms with Crippen LogP contribution in [0.5, 0.6) is 11.5 Å². The Morgan fingerprint density at radius 3 is 2.68 bits per heavy atom. The predicted octanol–water partition coefficient (Wildman–Crippen LogP) is 4.61. The molecule has 1 N–H and O–H groups in total. The van der Waals surface area contributed by atoms with E-state index in [1.54, 1.807) is 13.2 Å². The van der Waals surface area contributed by atoms with E-state index in [1.807, 2.05) is 12.1 Å². The van der Waals surface area contributed by atoms with E-state index in [1.165, 1.54) is 18.5 Å². The standard InChI is InChI=1S/C27H31ClFN5O4/c1-3-25(34-10-8-33(9-11-34)15-18-5-7-26(35)37-18)38-24-13-19-22(14-23(24)36-2)30-16-31-27(19)32-17-4-6-21(29)20(28)12-17/h4,6,12-14,16,18,25H,3,5,7-11,15H2,1-2H3,(H,30,31,32). The van der Waals surface area contributed by atoms with Crippen molar-refractivity contribution in [2.75, 3.05) is 45.2 Å². The normalized spacial score (nSPS) is 19.4. The lowest BCUT2D eigenvalue weighted by Gasteiger charge is -2.39. The summed E-state index contributed by atoms with van der Waals surface area (Å²) in [5.41, 5.74) is 1.28. The van der Waals surface area contributed by atoms with Crippen LogP contribution < -0.4 is 14.8 Å². The summed E-state index contributed by atoms with van der Waals surface area (Å²) in [4.78, 5) is 24.9. The molecule has 3 aromatic rings. The Morgan fingerprint density at radius 2 is 2.00 bits per heavy atom. The highest BCUT2D eigenvalue weighted by atomic mass is 35.5. The summed E-state index contributed by atoms with van der Waals surface area (Å²) < 4.78 is 31.2. The van der Waals surface area contributed by atoms with E-state index in [9.17, 15) is 9.18 Å². The number of fused-ring (bicyclic) bond motifs is 1. The number of cyclic esters (lactones) is 1. The third-order valence-corrected chi connectivity index (χ3v) is 7.25. The molecule has 3 heterocycles. The van der Waals surface area contributed by atoms with Crippen LogP contribution in [0.2, 0.25) is 5.02 Å². The number of piperazine rings is 1. The average molecular weight is 544 g/mol. The lowest BCUT2D eigenvalue weighted by molar-refractivity contribution is -0.142. The number of nitrogens with one attached hydrogen (secondary N) is 1. The van der Waals surface area contributed by atoms with E-state index in [0.717, 1.165) is 51.0 Å². The van der Waals surface area contributed by atoms with E-state index in [2.05, 4.69) is 32.0 Å². The van der Waals surface area contributed by atoms with Gasteiger partial charge in [-0.1, -0.05) is 18.5 Å². The molecule has 0 saturated carbocycles. The van der Waals surface area contributed by atoms with Gasteiger partial charge in [-0.05, 0) is 37.1 Å². The lowest BCUT2D eigenvalue weighted by Crippen LogP contribution is -2.53. The molecule has 11 heteroatoms. The maximum Gasteiger partial charge on any atom is 0.306 e. The fraction of sp³-hybridized carbons (Fsp3) is 0.444. The Morgan fingerprint density at radius 1 is 1.18 bits per heavy atom. The van der Waals surface area contributed by atoms with Gasteiger partial charge >= 0.3 is 5.97 Å². The minimum Gasteiger partial charge on any atom is -0.493 e. The average Bonchev–Trinajstić information content (AvgIpc) is 3.34. The highest BCUT2D eigenvalue weighted by molar-refractivity contribution is 6.31. The first kappa shape index (κ1) is 26.4. The number of benzene rings is 2. The smallest absolute Gasteiger partial charge is 0.306 e. The number of ether oxygens (including phenoxy) is 3. The minimum atomic E-state index is -0.487. The molecule has 5 rings (SSSR count). The Labute approximate surface area is 225 Å². The molecule has 38 heavy (non-hydrogen) atoms. The summed E-state index contributed by atoms with van der Waals surface area (Å²) in [6.07, 6.45) is 3.41. The van der Waals surface area contributed by atoms with Gasteiger partial charge in [0.2, 0.25) is 0 Å². The maximum absolute atomic E-state index is 13.6. The minimum absolute atomic E-state index is 0.00472. The zero-order chi connectivity index (χ0) is 26.6. The first-order valence-electron chi connectivity index (χ1n) is 12.8. The van der Waals surface area contributed by atoms with E-state index >= 15 is 0 Å². The van der Waals surface area contributed by atoms with Crippen LogP contribution in [-0.2, 0) is 9.53 Å². The number of rotatable bonds is 9. The first-order chi connectivity index (χ1) is 18.4. The van der Waals surface area contributed by atoms with Crippen molar-refractivity contribution in [2.45, 2.75) is 38.5 Å². The number of aromatic nitrogens is 2. The van der Waals surface area contributed by atoms with Gasteiger partial charge < -0.3 is 19.5 Å². The Bertz CT molecular complexity index is 1300. The number of hydrogen-bond donors (Lipinski definition) is 1. The van der Waals surface area contributed by atoms with Crippen LogP contribution in [0, 0.1) is 5.82 Å². The van der Waals surface area contributed by atoms with Crippen molar-refractivity contribution >= 4 is 40.0 Å². The molecule has 1 aromatic heterocycles. The zero-order valence-electron chi connectivity index (χ0n) is 21.5. The number of hydrogen-bond acceptors (Lipinski definition) is 9. The summed E-state index contributed by atoms with van der Waals surface area (Å²) in [5, 5.41) is 3.96. The third-order valence-electron chi connectivity index (χ3n) is 6.96. The van der Waals surface area contributed by atoms with Gasteiger partial charge in [0.1, 0.15) is 24.1 Å². The van der Waals surface area contributed by atoms with Crippen molar-refractivity contribution in [1.82, 2.24) is 19.8 Å². The molecular formula is C27H31ClFN5O4. The highest BCUT2D eigenvalue weighted by Crippen LogP contribution is 2.36. The molecule has 2 saturated heterocycles. The van der Waals surface area contributed by atoms with Gasteiger partial charge in [-0.3, -0.25) is 14.6 Å². The van der Waals surface area contributed by atoms with Gasteiger partial charge in [0.15, 0.2) is 17.7 Å². The highest BCUT2D eigenvalue weighted by Gasteiger charge is 2.29. The van der Waals surface area contributed by atoms with Crippen LogP contribution in [0.3, 0.4) is 0 Å². The first-order valence-corrected chi connectivity index (χ1v) is 13.2. The van der Waals surface area contributed by atoms with Crippen molar-refractivity contribution in [3.05, 3.63) is 47.5 Å². The molecular weight excluding hydrogens is 513 g/mol. The van der Waals surface area contributed by atoms with E-state index in [-0.39, 0.29) is 23.3 Å². The van der Waals surface area contributed by atoms with Crippen molar-refractivity contribution < 1.29 is 23.4 Å². The van der Waals surface area contributed by atoms with Crippen molar-refractivity contribution in [3.8, 4) is 11.5 Å². The molecule has 2 aliphatic heterocycles. The number of esters is 1. The summed E-state index contributed by atoms with van der Waals surface area (Å²) in [5.74, 6) is 1.12. The molecule has 202 valence electrons. The molecule has 2 aromatic carbocycles. The van der Waals surface area contributed by atoms with E-state index < -0.39 is 5.82 Å². The molecule has 0 amide bonds. The van der Waals surface area contributed by atoms with Crippen molar-refractivity contribution in [3.63, 3.8) is 0 Å². The Balaban J connectivity index is 1.31. The van der Waals surface area contributed by atoms with Crippen LogP contribution >= 0.6 is 11.6 Å². The monoisotopic (exact) mass is 543 g/mol. The van der Waals surface area contributed by atoms with Gasteiger partial charge in [-0.15, -0.1) is 0 Å². The van der Waals surface area contributed by atoms with Crippen LogP contribution in [0.4, 0.5) is 15.9 Å². The number of carbonyl (C=O) groups is 1. The molecule has 0 aliphatic carbocycles. The zero-order valence-corrected chi connectivity index (χ0v) is 22.2. The largest absolute Gasteiger partial charge is 0.493 e.